The summed E-state index contributed by atoms with van der Waals surface area (Å²) in [6.45, 7) is 0. The Bertz CT molecular complexity index is 1100. The van der Waals surface area contributed by atoms with E-state index in [-0.39, 0.29) is 23.4 Å². The zero-order valence-corrected chi connectivity index (χ0v) is 16.6. The maximum absolute atomic E-state index is 13.3. The third-order valence-corrected chi connectivity index (χ3v) is 6.05. The molecule has 8 heteroatoms. The van der Waals surface area contributed by atoms with Crippen LogP contribution in [-0.2, 0) is 0 Å². The Morgan fingerprint density at radius 2 is 1.79 bits per heavy atom. The fourth-order valence-corrected chi connectivity index (χ4v) is 4.35. The predicted octanol–water partition coefficient (Wildman–Crippen LogP) is 5.31. The number of carbonyl (C=O) groups is 2. The van der Waals surface area contributed by atoms with Crippen molar-refractivity contribution < 1.29 is 18.4 Å². The first-order valence-corrected chi connectivity index (χ1v) is 10.3. The monoisotopic (exact) mass is 426 g/mol. The second-order valence-electron chi connectivity index (χ2n) is 6.07. The Morgan fingerprint density at radius 1 is 0.966 bits per heavy atom. The summed E-state index contributed by atoms with van der Waals surface area (Å²) in [5.74, 6) is -0.804. The third kappa shape index (κ3) is 4.44. The largest absolute Gasteiger partial charge is 0.459 e. The van der Waals surface area contributed by atoms with Gasteiger partial charge in [0.2, 0.25) is 0 Å². The van der Waals surface area contributed by atoms with Gasteiger partial charge in [-0.1, -0.05) is 18.2 Å². The molecular formula is C21H15FN2O3S2. The molecule has 3 heterocycles. The molecule has 0 aliphatic heterocycles. The van der Waals surface area contributed by atoms with E-state index in [1.54, 1.807) is 36.4 Å². The molecule has 146 valence electrons. The molecule has 0 saturated heterocycles. The molecule has 0 saturated carbocycles. The smallest absolute Gasteiger partial charge is 0.291 e. The van der Waals surface area contributed by atoms with Crippen LogP contribution in [0.5, 0.6) is 0 Å². The van der Waals surface area contributed by atoms with Crippen LogP contribution in [0, 0.1) is 5.82 Å². The standard InChI is InChI=1S/C21H15FN2O3S2/c22-14-7-5-13(6-8-14)19(16-4-2-12-28-16)24-21(26)17-9-10-18(29-17)23-20(25)15-3-1-11-27-15/h1-12,19H,(H,23,25)(H,24,26). The highest BCUT2D eigenvalue weighted by Crippen LogP contribution is 2.28. The summed E-state index contributed by atoms with van der Waals surface area (Å²) in [6.07, 6.45) is 1.42. The van der Waals surface area contributed by atoms with Gasteiger partial charge in [0.25, 0.3) is 11.8 Å². The van der Waals surface area contributed by atoms with Crippen LogP contribution >= 0.6 is 22.7 Å². The minimum Gasteiger partial charge on any atom is -0.459 e. The van der Waals surface area contributed by atoms with Crippen LogP contribution in [-0.4, -0.2) is 11.8 Å². The number of anilines is 1. The van der Waals surface area contributed by atoms with Gasteiger partial charge in [-0.25, -0.2) is 4.39 Å². The Labute approximate surface area is 173 Å². The molecule has 3 aromatic heterocycles. The van der Waals surface area contributed by atoms with Crippen molar-refractivity contribution in [2.45, 2.75) is 6.04 Å². The molecule has 0 radical (unpaired) electrons. The molecule has 0 bridgehead atoms. The SMILES string of the molecule is O=C(Nc1ccc(C(=O)NC(c2ccc(F)cc2)c2cccs2)s1)c1ccco1. The van der Waals surface area contributed by atoms with Crippen LogP contribution in [0.1, 0.15) is 36.7 Å². The molecule has 29 heavy (non-hydrogen) atoms. The molecule has 4 aromatic rings. The van der Waals surface area contributed by atoms with Gasteiger partial charge in [-0.15, -0.1) is 22.7 Å². The van der Waals surface area contributed by atoms with Crippen LogP contribution in [0.3, 0.4) is 0 Å². The average molecular weight is 426 g/mol. The number of halogens is 1. The van der Waals surface area contributed by atoms with Gasteiger partial charge in [-0.05, 0) is 53.4 Å². The topological polar surface area (TPSA) is 71.3 Å². The van der Waals surface area contributed by atoms with E-state index in [0.717, 1.165) is 21.8 Å². The second kappa shape index (κ2) is 8.42. The first kappa shape index (κ1) is 19.1. The van der Waals surface area contributed by atoms with Crippen molar-refractivity contribution in [2.24, 2.45) is 0 Å². The average Bonchev–Trinajstić information content (AvgIpc) is 3.49. The summed E-state index contributed by atoms with van der Waals surface area (Å²) in [6, 6.07) is 16.0. The zero-order valence-electron chi connectivity index (χ0n) is 14.9. The molecule has 0 fully saturated rings. The highest BCUT2D eigenvalue weighted by molar-refractivity contribution is 7.18. The van der Waals surface area contributed by atoms with Gasteiger partial charge >= 0.3 is 0 Å². The Morgan fingerprint density at radius 3 is 2.48 bits per heavy atom. The van der Waals surface area contributed by atoms with Crippen molar-refractivity contribution in [2.75, 3.05) is 5.32 Å². The van der Waals surface area contributed by atoms with Crippen molar-refractivity contribution in [1.82, 2.24) is 5.32 Å². The Hall–Kier alpha value is -3.23. The molecule has 1 unspecified atom stereocenters. The van der Waals surface area contributed by atoms with Crippen LogP contribution in [0.4, 0.5) is 9.39 Å². The van der Waals surface area contributed by atoms with E-state index in [4.69, 9.17) is 4.42 Å². The molecule has 1 aromatic carbocycles. The zero-order chi connectivity index (χ0) is 20.2. The number of hydrogen-bond donors (Lipinski definition) is 2. The summed E-state index contributed by atoms with van der Waals surface area (Å²) in [5, 5.41) is 8.15. The fraction of sp³-hybridized carbons (Fsp3) is 0.0476. The number of thiophene rings is 2. The van der Waals surface area contributed by atoms with E-state index in [1.807, 2.05) is 17.5 Å². The molecule has 0 aliphatic carbocycles. The molecule has 1 atom stereocenters. The number of amides is 2. The molecule has 4 rings (SSSR count). The first-order chi connectivity index (χ1) is 14.1. The van der Waals surface area contributed by atoms with Gasteiger partial charge in [-0.2, -0.15) is 0 Å². The highest BCUT2D eigenvalue weighted by atomic mass is 32.1. The summed E-state index contributed by atoms with van der Waals surface area (Å²) in [7, 11) is 0. The van der Waals surface area contributed by atoms with Crippen molar-refractivity contribution in [3.63, 3.8) is 0 Å². The second-order valence-corrected chi connectivity index (χ2v) is 8.13. The minimum absolute atomic E-state index is 0.193. The van der Waals surface area contributed by atoms with Gasteiger partial charge in [-0.3, -0.25) is 9.59 Å². The summed E-state index contributed by atoms with van der Waals surface area (Å²) >= 11 is 2.67. The van der Waals surface area contributed by atoms with Crippen LogP contribution in [0.2, 0.25) is 0 Å². The Balaban J connectivity index is 1.50. The summed E-state index contributed by atoms with van der Waals surface area (Å²) in [4.78, 5) is 26.3. The lowest BCUT2D eigenvalue weighted by atomic mass is 10.1. The highest BCUT2D eigenvalue weighted by Gasteiger charge is 2.20. The van der Waals surface area contributed by atoms with Gasteiger partial charge in [0, 0.05) is 4.88 Å². The van der Waals surface area contributed by atoms with Crippen molar-refractivity contribution >= 4 is 39.5 Å². The third-order valence-electron chi connectivity index (χ3n) is 4.12. The lowest BCUT2D eigenvalue weighted by molar-refractivity contribution is 0.0946. The maximum atomic E-state index is 13.3. The number of carbonyl (C=O) groups excluding carboxylic acids is 2. The van der Waals surface area contributed by atoms with E-state index in [9.17, 15) is 14.0 Å². The number of hydrogen-bond acceptors (Lipinski definition) is 5. The van der Waals surface area contributed by atoms with Gasteiger partial charge in [0.1, 0.15) is 5.82 Å². The molecule has 2 amide bonds. The van der Waals surface area contributed by atoms with E-state index >= 15 is 0 Å². The van der Waals surface area contributed by atoms with Crippen molar-refractivity contribution in [3.8, 4) is 0 Å². The number of rotatable bonds is 6. The fourth-order valence-electron chi connectivity index (χ4n) is 2.74. The molecule has 0 aliphatic rings. The van der Waals surface area contributed by atoms with Crippen molar-refractivity contribution in [1.29, 1.82) is 0 Å². The minimum atomic E-state index is -0.397. The first-order valence-electron chi connectivity index (χ1n) is 8.64. The number of nitrogens with one attached hydrogen (secondary N) is 2. The lowest BCUT2D eigenvalue weighted by Crippen LogP contribution is -2.28. The summed E-state index contributed by atoms with van der Waals surface area (Å²) in [5.41, 5.74) is 0.783. The normalized spacial score (nSPS) is 11.8. The van der Waals surface area contributed by atoms with Gasteiger partial charge < -0.3 is 15.1 Å². The van der Waals surface area contributed by atoms with E-state index in [0.29, 0.717) is 9.88 Å². The molecule has 0 spiro atoms. The van der Waals surface area contributed by atoms with Crippen molar-refractivity contribution in [3.05, 3.63) is 99.2 Å². The van der Waals surface area contributed by atoms with Crippen LogP contribution < -0.4 is 10.6 Å². The number of benzene rings is 1. The van der Waals surface area contributed by atoms with Gasteiger partial charge in [0.05, 0.1) is 22.2 Å². The van der Waals surface area contributed by atoms with Crippen LogP contribution in [0.25, 0.3) is 0 Å². The van der Waals surface area contributed by atoms with E-state index in [1.165, 1.54) is 29.7 Å². The lowest BCUT2D eigenvalue weighted by Gasteiger charge is -2.17. The number of furan rings is 1. The molecule has 2 N–H and O–H groups in total. The molecule has 5 nitrogen and oxygen atoms in total. The van der Waals surface area contributed by atoms with E-state index in [2.05, 4.69) is 10.6 Å². The maximum Gasteiger partial charge on any atom is 0.291 e. The quantitative estimate of drug-likeness (QED) is 0.439. The van der Waals surface area contributed by atoms with Gasteiger partial charge in [0.15, 0.2) is 5.76 Å². The van der Waals surface area contributed by atoms with E-state index < -0.39 is 6.04 Å². The van der Waals surface area contributed by atoms with Crippen LogP contribution in [0.15, 0.2) is 76.7 Å². The predicted molar refractivity (Wildman–Crippen MR) is 111 cm³/mol. The Kier molecular flexibility index (Phi) is 5.55. The summed E-state index contributed by atoms with van der Waals surface area (Å²) < 4.78 is 18.4. The molecular weight excluding hydrogens is 411 g/mol.